The van der Waals surface area contributed by atoms with E-state index in [0.717, 1.165) is 17.0 Å². The first-order valence-electron chi connectivity index (χ1n) is 8.32. The first-order chi connectivity index (χ1) is 13.4. The SMILES string of the molecule is Fc1ccc(SC=CC(=Nc2ccccc2)c2ccc(C(F)(F)F)cc2)cc1. The molecule has 0 radical (unpaired) electrons. The van der Waals surface area contributed by atoms with Gasteiger partial charge in [-0.05, 0) is 60.0 Å². The zero-order chi connectivity index (χ0) is 20.0. The van der Waals surface area contributed by atoms with Gasteiger partial charge in [0.1, 0.15) is 5.82 Å². The summed E-state index contributed by atoms with van der Waals surface area (Å²) in [5.41, 5.74) is 1.07. The minimum atomic E-state index is -4.39. The van der Waals surface area contributed by atoms with Crippen LogP contribution in [0.1, 0.15) is 11.1 Å². The molecular weight excluding hydrogens is 386 g/mol. The number of alkyl halides is 3. The first-order valence-corrected chi connectivity index (χ1v) is 9.20. The molecule has 6 heteroatoms. The highest BCUT2D eigenvalue weighted by Gasteiger charge is 2.30. The Bertz CT molecular complexity index is 960. The van der Waals surface area contributed by atoms with E-state index in [-0.39, 0.29) is 5.82 Å². The van der Waals surface area contributed by atoms with Gasteiger partial charge >= 0.3 is 6.18 Å². The van der Waals surface area contributed by atoms with Crippen molar-refractivity contribution in [1.82, 2.24) is 0 Å². The van der Waals surface area contributed by atoms with E-state index in [9.17, 15) is 17.6 Å². The lowest BCUT2D eigenvalue weighted by atomic mass is 10.1. The third kappa shape index (κ3) is 5.57. The second kappa shape index (κ2) is 8.89. The Morgan fingerprint density at radius 2 is 1.46 bits per heavy atom. The van der Waals surface area contributed by atoms with Crippen molar-refractivity contribution in [2.75, 3.05) is 0 Å². The van der Waals surface area contributed by atoms with E-state index >= 15 is 0 Å². The number of halogens is 4. The van der Waals surface area contributed by atoms with E-state index in [1.807, 2.05) is 30.3 Å². The summed E-state index contributed by atoms with van der Waals surface area (Å²) < 4.78 is 51.4. The van der Waals surface area contributed by atoms with E-state index in [1.54, 1.807) is 23.6 Å². The summed E-state index contributed by atoms with van der Waals surface area (Å²) in [5.74, 6) is -0.315. The fourth-order valence-electron chi connectivity index (χ4n) is 2.36. The zero-order valence-corrected chi connectivity index (χ0v) is 15.3. The lowest BCUT2D eigenvalue weighted by molar-refractivity contribution is -0.137. The topological polar surface area (TPSA) is 12.4 Å². The van der Waals surface area contributed by atoms with E-state index in [1.165, 1.54) is 36.0 Å². The van der Waals surface area contributed by atoms with Crippen LogP contribution >= 0.6 is 11.8 Å². The van der Waals surface area contributed by atoms with Crippen molar-refractivity contribution in [3.63, 3.8) is 0 Å². The Morgan fingerprint density at radius 1 is 0.821 bits per heavy atom. The fraction of sp³-hybridized carbons (Fsp3) is 0.0455. The second-order valence-electron chi connectivity index (χ2n) is 5.78. The highest BCUT2D eigenvalue weighted by molar-refractivity contribution is 8.02. The predicted octanol–water partition coefficient (Wildman–Crippen LogP) is 7.27. The molecule has 0 unspecified atom stereocenters. The Hall–Kier alpha value is -2.86. The molecule has 3 aromatic rings. The minimum Gasteiger partial charge on any atom is -0.248 e. The maximum Gasteiger partial charge on any atom is 0.416 e. The van der Waals surface area contributed by atoms with Gasteiger partial charge in [-0.2, -0.15) is 13.2 Å². The van der Waals surface area contributed by atoms with E-state index in [0.29, 0.717) is 17.0 Å². The average molecular weight is 401 g/mol. The van der Waals surface area contributed by atoms with Crippen LogP contribution in [0, 0.1) is 5.82 Å². The number of thioether (sulfide) groups is 1. The van der Waals surface area contributed by atoms with Gasteiger partial charge in [-0.15, -0.1) is 0 Å². The number of benzene rings is 3. The van der Waals surface area contributed by atoms with E-state index < -0.39 is 11.7 Å². The number of rotatable bonds is 5. The highest BCUT2D eigenvalue weighted by Crippen LogP contribution is 2.29. The Kier molecular flexibility index (Phi) is 6.31. The van der Waals surface area contributed by atoms with Gasteiger partial charge in [-0.1, -0.05) is 42.1 Å². The predicted molar refractivity (Wildman–Crippen MR) is 105 cm³/mol. The van der Waals surface area contributed by atoms with Crippen molar-refractivity contribution in [2.45, 2.75) is 11.1 Å². The molecule has 0 spiro atoms. The monoisotopic (exact) mass is 401 g/mol. The number of hydrogen-bond donors (Lipinski definition) is 0. The molecule has 0 N–H and O–H groups in total. The summed E-state index contributed by atoms with van der Waals surface area (Å²) >= 11 is 1.36. The zero-order valence-electron chi connectivity index (χ0n) is 14.5. The molecule has 142 valence electrons. The molecule has 0 heterocycles. The van der Waals surface area contributed by atoms with Gasteiger partial charge in [0, 0.05) is 10.5 Å². The molecule has 3 rings (SSSR count). The van der Waals surface area contributed by atoms with Crippen LogP contribution in [0.4, 0.5) is 23.2 Å². The molecule has 0 bridgehead atoms. The van der Waals surface area contributed by atoms with Gasteiger partial charge in [-0.25, -0.2) is 9.38 Å². The molecule has 28 heavy (non-hydrogen) atoms. The van der Waals surface area contributed by atoms with Crippen molar-refractivity contribution in [3.8, 4) is 0 Å². The van der Waals surface area contributed by atoms with Crippen molar-refractivity contribution in [3.05, 3.63) is 107 Å². The normalized spacial score (nSPS) is 12.5. The molecule has 0 saturated heterocycles. The number of aliphatic imine (C=N–C) groups is 1. The van der Waals surface area contributed by atoms with Crippen LogP contribution in [0.3, 0.4) is 0 Å². The van der Waals surface area contributed by atoms with Crippen LogP contribution in [-0.2, 0) is 6.18 Å². The van der Waals surface area contributed by atoms with Crippen molar-refractivity contribution in [2.24, 2.45) is 4.99 Å². The smallest absolute Gasteiger partial charge is 0.248 e. The summed E-state index contributed by atoms with van der Waals surface area (Å²) in [6.07, 6.45) is -2.66. The second-order valence-corrected chi connectivity index (χ2v) is 6.76. The summed E-state index contributed by atoms with van der Waals surface area (Å²) in [7, 11) is 0. The van der Waals surface area contributed by atoms with Gasteiger partial charge in [0.05, 0.1) is 17.0 Å². The van der Waals surface area contributed by atoms with Crippen LogP contribution in [-0.4, -0.2) is 5.71 Å². The van der Waals surface area contributed by atoms with Crippen molar-refractivity contribution in [1.29, 1.82) is 0 Å². The van der Waals surface area contributed by atoms with Gasteiger partial charge in [0.25, 0.3) is 0 Å². The maximum absolute atomic E-state index is 13.0. The molecule has 0 aliphatic carbocycles. The summed E-state index contributed by atoms with van der Waals surface area (Å²) in [6.45, 7) is 0. The van der Waals surface area contributed by atoms with Crippen LogP contribution in [0.2, 0.25) is 0 Å². The molecule has 0 atom stereocenters. The fourth-order valence-corrected chi connectivity index (χ4v) is 3.01. The van der Waals surface area contributed by atoms with Gasteiger partial charge < -0.3 is 0 Å². The summed E-state index contributed by atoms with van der Waals surface area (Å²) in [4.78, 5) is 5.38. The lowest BCUT2D eigenvalue weighted by Crippen LogP contribution is -2.05. The van der Waals surface area contributed by atoms with Gasteiger partial charge in [0.2, 0.25) is 0 Å². The van der Waals surface area contributed by atoms with Crippen LogP contribution in [0.25, 0.3) is 0 Å². The van der Waals surface area contributed by atoms with Crippen LogP contribution in [0.5, 0.6) is 0 Å². The Morgan fingerprint density at radius 3 is 2.07 bits per heavy atom. The lowest BCUT2D eigenvalue weighted by Gasteiger charge is -2.08. The molecule has 0 saturated carbocycles. The molecular formula is C22H15F4NS. The maximum atomic E-state index is 13.0. The van der Waals surface area contributed by atoms with Crippen LogP contribution < -0.4 is 0 Å². The number of allylic oxidation sites excluding steroid dienone is 1. The molecule has 0 aromatic heterocycles. The highest BCUT2D eigenvalue weighted by atomic mass is 32.2. The summed E-state index contributed by atoms with van der Waals surface area (Å²) in [5, 5.41) is 1.77. The standard InChI is InChI=1S/C22H15F4NS/c23-18-10-12-20(13-11-18)28-15-14-21(27-19-4-2-1-3-5-19)16-6-8-17(9-7-16)22(24,25)26/h1-15H. The molecule has 3 aromatic carbocycles. The number of hydrogen-bond acceptors (Lipinski definition) is 2. The van der Waals surface area contributed by atoms with Crippen molar-refractivity contribution >= 4 is 23.2 Å². The molecule has 0 aliphatic rings. The number of nitrogens with zero attached hydrogens (tertiary/aromatic N) is 1. The largest absolute Gasteiger partial charge is 0.416 e. The molecule has 0 amide bonds. The third-order valence-electron chi connectivity index (χ3n) is 3.76. The summed E-state index contributed by atoms with van der Waals surface area (Å²) in [6, 6.07) is 20.1. The molecule has 0 aliphatic heterocycles. The molecule has 0 fully saturated rings. The van der Waals surface area contributed by atoms with Crippen LogP contribution in [0.15, 0.2) is 100 Å². The quantitative estimate of drug-likeness (QED) is 0.249. The average Bonchev–Trinajstić information content (AvgIpc) is 2.69. The number of para-hydroxylation sites is 1. The first kappa shape index (κ1) is 19.9. The van der Waals surface area contributed by atoms with E-state index in [4.69, 9.17) is 0 Å². The van der Waals surface area contributed by atoms with E-state index in [2.05, 4.69) is 4.99 Å². The minimum absolute atomic E-state index is 0.315. The Balaban J connectivity index is 1.88. The Labute approximate surface area is 164 Å². The van der Waals surface area contributed by atoms with Crippen molar-refractivity contribution < 1.29 is 17.6 Å². The van der Waals surface area contributed by atoms with Gasteiger partial charge in [-0.3, -0.25) is 0 Å². The van der Waals surface area contributed by atoms with Gasteiger partial charge in [0.15, 0.2) is 0 Å². The third-order valence-corrected chi connectivity index (χ3v) is 4.57. The molecule has 1 nitrogen and oxygen atoms in total.